The second-order valence-electron chi connectivity index (χ2n) is 22.6. The molecule has 0 aliphatic carbocycles. The van der Waals surface area contributed by atoms with E-state index >= 15 is 0 Å². The van der Waals surface area contributed by atoms with E-state index in [1.807, 2.05) is 33.3 Å². The molecule has 0 rings (SSSR count). The molecule has 74 heavy (non-hydrogen) atoms. The maximum Gasteiger partial charge on any atom is 0.472 e. The number of ether oxygens (including phenoxy) is 1. The quantitative estimate of drug-likeness (QED) is 0.0205. The molecule has 0 bridgehead atoms. The van der Waals surface area contributed by atoms with Gasteiger partial charge in [-0.05, 0) is 70.3 Å². The standard InChI is InChI=1S/C64H121N2O7P/c1-7-10-13-16-19-22-25-28-30-32-33-35-37-39-42-45-48-51-54-57-64(68)73-62(55-52-49-46-43-40-27-24-21-18-15-12-9-3)61(60-72-74(69,70)71-59-58-66(4,5)6)65-63(67)56-53-50-47-44-41-38-36-34-31-29-26-23-20-17-14-11-8-2/h19,22,28,30,33,35,52,55,61-62H,7-18,20-21,23-27,29,31-32,34,36-51,53-54,56-60H2,1-6H3,(H-,65,67,69,70)/p+1/b22-19-,30-28-,35-33-,55-52+. The van der Waals surface area contributed by atoms with Crippen molar-refractivity contribution in [1.82, 2.24) is 5.32 Å². The summed E-state index contributed by atoms with van der Waals surface area (Å²) in [5, 5.41) is 3.06. The van der Waals surface area contributed by atoms with E-state index in [0.717, 1.165) is 83.5 Å². The lowest BCUT2D eigenvalue weighted by atomic mass is 10.0. The summed E-state index contributed by atoms with van der Waals surface area (Å²) in [4.78, 5) is 37.7. The number of likely N-dealkylation sites (N-methyl/N-ethyl adjacent to an activating group) is 1. The molecule has 10 heteroatoms. The summed E-state index contributed by atoms with van der Waals surface area (Å²) in [5.74, 6) is -0.509. The first-order chi connectivity index (χ1) is 35.9. The number of carbonyl (C=O) groups excluding carboxylic acids is 2. The van der Waals surface area contributed by atoms with Crippen LogP contribution in [0, 0.1) is 0 Å². The van der Waals surface area contributed by atoms with Crippen molar-refractivity contribution in [2.75, 3.05) is 40.9 Å². The van der Waals surface area contributed by atoms with Crippen molar-refractivity contribution in [2.45, 2.75) is 309 Å². The number of hydrogen-bond acceptors (Lipinski definition) is 6. The number of rotatable bonds is 57. The van der Waals surface area contributed by atoms with Gasteiger partial charge in [0.1, 0.15) is 19.3 Å². The molecule has 3 atom stereocenters. The highest BCUT2D eigenvalue weighted by Gasteiger charge is 2.30. The van der Waals surface area contributed by atoms with Crippen molar-refractivity contribution in [3.8, 4) is 0 Å². The molecule has 1 amide bonds. The highest BCUT2D eigenvalue weighted by Crippen LogP contribution is 2.43. The average Bonchev–Trinajstić information content (AvgIpc) is 3.36. The number of hydrogen-bond donors (Lipinski definition) is 2. The number of carbonyl (C=O) groups is 2. The minimum Gasteiger partial charge on any atom is -0.456 e. The van der Waals surface area contributed by atoms with E-state index in [1.54, 1.807) is 0 Å². The lowest BCUT2D eigenvalue weighted by Gasteiger charge is -2.27. The minimum absolute atomic E-state index is 0.0391. The zero-order chi connectivity index (χ0) is 54.3. The highest BCUT2D eigenvalue weighted by molar-refractivity contribution is 7.47. The van der Waals surface area contributed by atoms with Gasteiger partial charge in [0, 0.05) is 12.8 Å². The predicted octanol–water partition coefficient (Wildman–Crippen LogP) is 19.3. The van der Waals surface area contributed by atoms with Crippen LogP contribution in [0.4, 0.5) is 0 Å². The lowest BCUT2D eigenvalue weighted by Crippen LogP contribution is -2.47. The zero-order valence-corrected chi connectivity index (χ0v) is 50.5. The molecule has 0 aliphatic heterocycles. The molecule has 0 aromatic heterocycles. The Morgan fingerprint density at radius 2 is 0.824 bits per heavy atom. The summed E-state index contributed by atoms with van der Waals surface area (Å²) < 4.78 is 30.7. The van der Waals surface area contributed by atoms with Gasteiger partial charge < -0.3 is 19.4 Å². The smallest absolute Gasteiger partial charge is 0.456 e. The van der Waals surface area contributed by atoms with Gasteiger partial charge in [0.2, 0.25) is 5.91 Å². The molecule has 0 aromatic carbocycles. The van der Waals surface area contributed by atoms with E-state index in [4.69, 9.17) is 13.8 Å². The third-order valence-electron chi connectivity index (χ3n) is 14.0. The van der Waals surface area contributed by atoms with Crippen LogP contribution in [0.5, 0.6) is 0 Å². The molecule has 0 spiro atoms. The molecule has 0 saturated heterocycles. The van der Waals surface area contributed by atoms with Gasteiger partial charge in [-0.3, -0.25) is 18.6 Å². The van der Waals surface area contributed by atoms with Gasteiger partial charge in [-0.25, -0.2) is 4.57 Å². The van der Waals surface area contributed by atoms with Crippen LogP contribution < -0.4 is 5.32 Å². The predicted molar refractivity (Wildman–Crippen MR) is 319 cm³/mol. The maximum atomic E-state index is 13.5. The molecule has 2 N–H and O–H groups in total. The number of unbranched alkanes of at least 4 members (excludes halogenated alkanes) is 35. The van der Waals surface area contributed by atoms with E-state index in [-0.39, 0.29) is 31.5 Å². The van der Waals surface area contributed by atoms with Gasteiger partial charge >= 0.3 is 13.8 Å². The van der Waals surface area contributed by atoms with Gasteiger partial charge in [0.25, 0.3) is 0 Å². The Morgan fingerprint density at radius 1 is 0.473 bits per heavy atom. The van der Waals surface area contributed by atoms with Gasteiger partial charge in [-0.1, -0.05) is 262 Å². The first kappa shape index (κ1) is 72.0. The van der Waals surface area contributed by atoms with Crippen molar-refractivity contribution >= 4 is 19.7 Å². The van der Waals surface area contributed by atoms with Crippen LogP contribution in [0.3, 0.4) is 0 Å². The van der Waals surface area contributed by atoms with Crippen molar-refractivity contribution in [3.63, 3.8) is 0 Å². The summed E-state index contributed by atoms with van der Waals surface area (Å²) in [6.07, 6.45) is 66.7. The lowest BCUT2D eigenvalue weighted by molar-refractivity contribution is -0.870. The fourth-order valence-electron chi connectivity index (χ4n) is 9.12. The first-order valence-corrected chi connectivity index (χ1v) is 33.0. The fourth-order valence-corrected chi connectivity index (χ4v) is 9.86. The van der Waals surface area contributed by atoms with E-state index < -0.39 is 20.0 Å². The number of phosphoric acid groups is 1. The maximum absolute atomic E-state index is 13.5. The molecule has 0 saturated carbocycles. The third-order valence-corrected chi connectivity index (χ3v) is 15.0. The number of nitrogens with one attached hydrogen (secondary N) is 1. The SMILES string of the molecule is CCCCC/C=C\C/C=C\C/C=C\CCCCCCCCC(=O)OC(/C=C/CCCCCCCCCCCC)C(COP(=O)(O)OCC[N+](C)(C)C)NC(=O)CCCCCCCCCCCCCCCCCCC. The molecule has 3 unspecified atom stereocenters. The molecule has 0 fully saturated rings. The van der Waals surface area contributed by atoms with Crippen LogP contribution >= 0.6 is 7.82 Å². The first-order valence-electron chi connectivity index (χ1n) is 31.5. The van der Waals surface area contributed by atoms with E-state index in [2.05, 4.69) is 62.5 Å². The number of phosphoric ester groups is 1. The van der Waals surface area contributed by atoms with Crippen LogP contribution in [0.1, 0.15) is 297 Å². The number of quaternary nitrogens is 1. The Hall–Kier alpha value is -2.03. The van der Waals surface area contributed by atoms with Crippen LogP contribution in [-0.4, -0.2) is 74.3 Å². The third kappa shape index (κ3) is 54.7. The fraction of sp³-hybridized carbons (Fsp3) is 0.844. The van der Waals surface area contributed by atoms with E-state index in [9.17, 15) is 19.0 Å². The molecular weight excluding hydrogens is 940 g/mol. The Labute approximate surface area is 458 Å². The Morgan fingerprint density at radius 3 is 1.26 bits per heavy atom. The van der Waals surface area contributed by atoms with Crippen LogP contribution in [0.15, 0.2) is 48.6 Å². The van der Waals surface area contributed by atoms with Crippen molar-refractivity contribution < 1.29 is 37.3 Å². The van der Waals surface area contributed by atoms with Gasteiger partial charge in [0.05, 0.1) is 33.8 Å². The largest absolute Gasteiger partial charge is 0.472 e. The Bertz CT molecular complexity index is 1410. The van der Waals surface area contributed by atoms with Crippen LogP contribution in [0.25, 0.3) is 0 Å². The van der Waals surface area contributed by atoms with Crippen molar-refractivity contribution in [3.05, 3.63) is 48.6 Å². The van der Waals surface area contributed by atoms with Crippen molar-refractivity contribution in [2.24, 2.45) is 0 Å². The summed E-state index contributed by atoms with van der Waals surface area (Å²) in [6, 6.07) is -0.851. The minimum atomic E-state index is -4.45. The van der Waals surface area contributed by atoms with Crippen molar-refractivity contribution in [1.29, 1.82) is 0 Å². The van der Waals surface area contributed by atoms with Gasteiger partial charge in [0.15, 0.2) is 0 Å². The molecule has 0 radical (unpaired) electrons. The van der Waals surface area contributed by atoms with Gasteiger partial charge in [-0.2, -0.15) is 0 Å². The summed E-state index contributed by atoms with van der Waals surface area (Å²) in [7, 11) is 1.50. The zero-order valence-electron chi connectivity index (χ0n) is 49.6. The van der Waals surface area contributed by atoms with Crippen LogP contribution in [-0.2, 0) is 27.9 Å². The topological polar surface area (TPSA) is 111 Å². The monoisotopic (exact) mass is 1060 g/mol. The highest BCUT2D eigenvalue weighted by atomic mass is 31.2. The van der Waals surface area contributed by atoms with E-state index in [0.29, 0.717) is 17.4 Å². The summed E-state index contributed by atoms with van der Waals surface area (Å²) in [5.41, 5.74) is 0. The van der Waals surface area contributed by atoms with E-state index in [1.165, 1.54) is 180 Å². The summed E-state index contributed by atoms with van der Waals surface area (Å²) in [6.45, 7) is 7.00. The summed E-state index contributed by atoms with van der Waals surface area (Å²) >= 11 is 0. The second kappa shape index (κ2) is 54.3. The number of allylic oxidation sites excluding steroid dienone is 7. The molecule has 0 aromatic rings. The normalized spacial score (nSPS) is 14.0. The Kier molecular flexibility index (Phi) is 52.8. The second-order valence-corrected chi connectivity index (χ2v) is 24.0. The molecule has 0 aliphatic rings. The number of esters is 1. The Balaban J connectivity index is 5.26. The molecule has 9 nitrogen and oxygen atoms in total. The molecule has 0 heterocycles. The number of nitrogens with zero attached hydrogens (tertiary/aromatic N) is 1. The molecule has 434 valence electrons. The average molecular weight is 1060 g/mol. The number of amides is 1. The molecular formula is C64H122N2O7P+. The van der Waals surface area contributed by atoms with Crippen LogP contribution in [0.2, 0.25) is 0 Å². The van der Waals surface area contributed by atoms with Gasteiger partial charge in [-0.15, -0.1) is 0 Å².